The fourth-order valence-electron chi connectivity index (χ4n) is 3.28. The van der Waals surface area contributed by atoms with Gasteiger partial charge in [-0.3, -0.25) is 0 Å². The van der Waals surface area contributed by atoms with Crippen molar-refractivity contribution >= 4 is 34.3 Å². The lowest BCUT2D eigenvalue weighted by atomic mass is 10.1. The summed E-state index contributed by atoms with van der Waals surface area (Å²) in [6, 6.07) is 18.6. The molecule has 0 radical (unpaired) electrons. The minimum Gasteiger partial charge on any atom is -0.362 e. The summed E-state index contributed by atoms with van der Waals surface area (Å²) in [4.78, 5) is 12.6. The first-order valence-electron chi connectivity index (χ1n) is 9.06. The average molecular weight is 366 g/mol. The van der Waals surface area contributed by atoms with Crippen LogP contribution in [0.15, 0.2) is 54.6 Å². The molecule has 0 unspecified atom stereocenters. The molecule has 3 aromatic rings. The van der Waals surface area contributed by atoms with E-state index in [0.717, 1.165) is 61.2 Å². The van der Waals surface area contributed by atoms with Crippen molar-refractivity contribution in [3.05, 3.63) is 60.2 Å². The molecule has 2 heterocycles. The molecule has 0 atom stereocenters. The Labute approximate surface area is 159 Å². The van der Waals surface area contributed by atoms with Crippen LogP contribution in [0.2, 0.25) is 0 Å². The number of aromatic nitrogens is 2. The number of imidazole rings is 1. The maximum Gasteiger partial charge on any atom is 0.203 e. The van der Waals surface area contributed by atoms with Crippen LogP contribution in [0.3, 0.4) is 0 Å². The highest BCUT2D eigenvalue weighted by atomic mass is 32.1. The number of piperazine rings is 1. The fourth-order valence-corrected chi connectivity index (χ4v) is 3.57. The molecule has 1 aromatic heterocycles. The second kappa shape index (κ2) is 7.74. The van der Waals surface area contributed by atoms with Gasteiger partial charge in [0.2, 0.25) is 5.95 Å². The van der Waals surface area contributed by atoms with Gasteiger partial charge in [0.1, 0.15) is 0 Å². The van der Waals surface area contributed by atoms with E-state index in [1.54, 1.807) is 0 Å². The number of nitrogens with one attached hydrogen (secondary N) is 2. The first-order chi connectivity index (χ1) is 12.8. The minimum absolute atomic E-state index is 0.852. The van der Waals surface area contributed by atoms with Gasteiger partial charge in [-0.05, 0) is 36.3 Å². The van der Waals surface area contributed by atoms with Gasteiger partial charge in [0.25, 0.3) is 0 Å². The topological polar surface area (TPSA) is 47.2 Å². The normalized spacial score (nSPS) is 14.6. The second-order valence-corrected chi connectivity index (χ2v) is 6.91. The molecule has 5 nitrogen and oxygen atoms in total. The lowest BCUT2D eigenvalue weighted by Crippen LogP contribution is -2.52. The summed E-state index contributed by atoms with van der Waals surface area (Å²) in [5.41, 5.74) is 3.43. The maximum atomic E-state index is 5.57. The van der Waals surface area contributed by atoms with Gasteiger partial charge in [-0.2, -0.15) is 0 Å². The Hall–Kier alpha value is -2.60. The van der Waals surface area contributed by atoms with Crippen molar-refractivity contribution in [2.45, 2.75) is 6.42 Å². The van der Waals surface area contributed by atoms with E-state index in [1.165, 1.54) is 5.56 Å². The molecule has 0 bridgehead atoms. The molecular formula is C20H23N5S. The maximum absolute atomic E-state index is 5.57. The molecule has 1 saturated heterocycles. The fraction of sp³-hybridized carbons (Fsp3) is 0.300. The zero-order valence-corrected chi connectivity index (χ0v) is 15.5. The third kappa shape index (κ3) is 3.80. The lowest BCUT2D eigenvalue weighted by molar-refractivity contribution is 0.378. The molecule has 0 saturated carbocycles. The first kappa shape index (κ1) is 16.8. The molecule has 6 heteroatoms. The summed E-state index contributed by atoms with van der Waals surface area (Å²) in [7, 11) is 0. The summed E-state index contributed by atoms with van der Waals surface area (Å²) >= 11 is 5.57. The van der Waals surface area contributed by atoms with Crippen LogP contribution in [-0.2, 0) is 6.42 Å². The van der Waals surface area contributed by atoms with Crippen molar-refractivity contribution in [3.8, 4) is 0 Å². The van der Waals surface area contributed by atoms with Gasteiger partial charge in [-0.15, -0.1) is 0 Å². The SMILES string of the molecule is S=C(NCCc1ccccc1)N1CCN(c2nc3ccccc3[nH]2)CC1. The molecule has 134 valence electrons. The Morgan fingerprint density at radius 2 is 1.73 bits per heavy atom. The van der Waals surface area contributed by atoms with Crippen LogP contribution in [0.4, 0.5) is 5.95 Å². The first-order valence-corrected chi connectivity index (χ1v) is 9.47. The molecule has 0 aliphatic carbocycles. The number of hydrogen-bond donors (Lipinski definition) is 2. The summed E-state index contributed by atoms with van der Waals surface area (Å²) < 4.78 is 0. The summed E-state index contributed by atoms with van der Waals surface area (Å²) in [6.07, 6.45) is 0.986. The Kier molecular flexibility index (Phi) is 5.02. The number of aromatic amines is 1. The van der Waals surface area contributed by atoms with Crippen molar-refractivity contribution in [2.75, 3.05) is 37.6 Å². The number of nitrogens with zero attached hydrogens (tertiary/aromatic N) is 3. The molecule has 2 N–H and O–H groups in total. The van der Waals surface area contributed by atoms with Crippen molar-refractivity contribution in [3.63, 3.8) is 0 Å². The third-order valence-electron chi connectivity index (χ3n) is 4.78. The number of anilines is 1. The van der Waals surface area contributed by atoms with Crippen LogP contribution in [0.5, 0.6) is 0 Å². The smallest absolute Gasteiger partial charge is 0.203 e. The van der Waals surface area contributed by atoms with Crippen molar-refractivity contribution < 1.29 is 0 Å². The minimum atomic E-state index is 0.852. The predicted octanol–water partition coefficient (Wildman–Crippen LogP) is 2.80. The zero-order valence-electron chi connectivity index (χ0n) is 14.7. The van der Waals surface area contributed by atoms with E-state index >= 15 is 0 Å². The molecule has 26 heavy (non-hydrogen) atoms. The van der Waals surface area contributed by atoms with Crippen molar-refractivity contribution in [1.82, 2.24) is 20.2 Å². The number of H-pyrrole nitrogens is 1. The van der Waals surface area contributed by atoms with Crippen LogP contribution in [-0.4, -0.2) is 52.7 Å². The van der Waals surface area contributed by atoms with Crippen molar-refractivity contribution in [1.29, 1.82) is 0 Å². The van der Waals surface area contributed by atoms with Gasteiger partial charge >= 0.3 is 0 Å². The number of benzene rings is 2. The molecule has 1 fully saturated rings. The monoisotopic (exact) mass is 365 g/mol. The van der Waals surface area contributed by atoms with E-state index < -0.39 is 0 Å². The molecule has 0 spiro atoms. The van der Waals surface area contributed by atoms with Crippen LogP contribution in [0, 0.1) is 0 Å². The van der Waals surface area contributed by atoms with Crippen LogP contribution in [0.25, 0.3) is 11.0 Å². The molecule has 1 aliphatic rings. The highest BCUT2D eigenvalue weighted by Crippen LogP contribution is 2.18. The standard InChI is InChI=1S/C20H23N5S/c26-20(21-11-10-16-6-2-1-3-7-16)25-14-12-24(13-15-25)19-22-17-8-4-5-9-18(17)23-19/h1-9H,10-15H2,(H,21,26)(H,22,23). The summed E-state index contributed by atoms with van der Waals surface area (Å²) in [5.74, 6) is 0.953. The third-order valence-corrected chi connectivity index (χ3v) is 5.18. The Bertz CT molecular complexity index is 835. The van der Waals surface area contributed by atoms with E-state index in [1.807, 2.05) is 24.3 Å². The van der Waals surface area contributed by atoms with E-state index in [4.69, 9.17) is 17.2 Å². The van der Waals surface area contributed by atoms with E-state index in [2.05, 4.69) is 50.4 Å². The number of hydrogen-bond acceptors (Lipinski definition) is 3. The highest BCUT2D eigenvalue weighted by Gasteiger charge is 2.20. The Morgan fingerprint density at radius 1 is 1.00 bits per heavy atom. The molecule has 1 aliphatic heterocycles. The van der Waals surface area contributed by atoms with Gasteiger partial charge in [0.05, 0.1) is 11.0 Å². The Morgan fingerprint density at radius 3 is 2.50 bits per heavy atom. The van der Waals surface area contributed by atoms with Gasteiger partial charge in [-0.1, -0.05) is 42.5 Å². The average Bonchev–Trinajstić information content (AvgIpc) is 3.13. The Balaban J connectivity index is 1.27. The quantitative estimate of drug-likeness (QED) is 0.696. The molecule has 2 aromatic carbocycles. The number of fused-ring (bicyclic) bond motifs is 1. The van der Waals surface area contributed by atoms with Gasteiger partial charge < -0.3 is 20.1 Å². The predicted molar refractivity (Wildman–Crippen MR) is 111 cm³/mol. The molecule has 4 rings (SSSR count). The van der Waals surface area contributed by atoms with Crippen LogP contribution < -0.4 is 10.2 Å². The number of rotatable bonds is 4. The highest BCUT2D eigenvalue weighted by molar-refractivity contribution is 7.80. The summed E-state index contributed by atoms with van der Waals surface area (Å²) in [6.45, 7) is 4.52. The van der Waals surface area contributed by atoms with Gasteiger partial charge in [0.15, 0.2) is 5.11 Å². The second-order valence-electron chi connectivity index (χ2n) is 6.52. The molecular weight excluding hydrogens is 342 g/mol. The van der Waals surface area contributed by atoms with Gasteiger partial charge in [-0.25, -0.2) is 4.98 Å². The summed E-state index contributed by atoms with van der Waals surface area (Å²) in [5, 5.41) is 4.24. The number of para-hydroxylation sites is 2. The lowest BCUT2D eigenvalue weighted by Gasteiger charge is -2.36. The van der Waals surface area contributed by atoms with E-state index in [9.17, 15) is 0 Å². The van der Waals surface area contributed by atoms with E-state index in [-0.39, 0.29) is 0 Å². The zero-order chi connectivity index (χ0) is 17.8. The largest absolute Gasteiger partial charge is 0.362 e. The molecule has 0 amide bonds. The number of thiocarbonyl (C=S) groups is 1. The van der Waals surface area contributed by atoms with Crippen LogP contribution >= 0.6 is 12.2 Å². The van der Waals surface area contributed by atoms with Crippen molar-refractivity contribution in [2.24, 2.45) is 0 Å². The van der Waals surface area contributed by atoms with Gasteiger partial charge in [0, 0.05) is 32.7 Å². The van der Waals surface area contributed by atoms with Crippen LogP contribution in [0.1, 0.15) is 5.56 Å². The van der Waals surface area contributed by atoms with E-state index in [0.29, 0.717) is 0 Å².